The van der Waals surface area contributed by atoms with Gasteiger partial charge in [0.2, 0.25) is 0 Å². The Labute approximate surface area is 102 Å². The number of carbonyl (C=O) groups excluding carboxylic acids is 1. The van der Waals surface area contributed by atoms with E-state index in [1.807, 2.05) is 0 Å². The second-order valence-corrected chi connectivity index (χ2v) is 3.21. The fraction of sp³-hybridized carbons (Fsp3) is 0.250. The van der Waals surface area contributed by atoms with Gasteiger partial charge in [-0.1, -0.05) is 18.2 Å². The number of halogens is 3. The Morgan fingerprint density at radius 1 is 1.44 bits per heavy atom. The van der Waals surface area contributed by atoms with Gasteiger partial charge in [-0.2, -0.15) is 8.78 Å². The molecule has 0 fully saturated rings. The predicted octanol–water partition coefficient (Wildman–Crippen LogP) is 3.00. The third kappa shape index (κ3) is 4.12. The van der Waals surface area contributed by atoms with Crippen LogP contribution in [0.5, 0.6) is 5.75 Å². The van der Waals surface area contributed by atoms with Gasteiger partial charge in [-0.3, -0.25) is 4.79 Å². The summed E-state index contributed by atoms with van der Waals surface area (Å²) in [5, 5.41) is 0. The number of alkyl halides is 2. The molecule has 98 valence electrons. The van der Waals surface area contributed by atoms with Gasteiger partial charge < -0.3 is 9.47 Å². The lowest BCUT2D eigenvalue weighted by Gasteiger charge is -2.08. The molecule has 1 rings (SSSR count). The molecule has 0 saturated carbocycles. The number of hydrogen-bond acceptors (Lipinski definition) is 3. The maximum absolute atomic E-state index is 13.4. The second kappa shape index (κ2) is 6.68. The molecule has 1 aromatic carbocycles. The number of esters is 1. The topological polar surface area (TPSA) is 35.5 Å². The molecule has 0 radical (unpaired) electrons. The Morgan fingerprint density at radius 3 is 2.78 bits per heavy atom. The van der Waals surface area contributed by atoms with Gasteiger partial charge in [0.25, 0.3) is 0 Å². The Morgan fingerprint density at radius 2 is 2.17 bits per heavy atom. The Kier molecular flexibility index (Phi) is 5.23. The molecule has 0 amide bonds. The van der Waals surface area contributed by atoms with E-state index in [0.29, 0.717) is 0 Å². The van der Waals surface area contributed by atoms with E-state index in [-0.39, 0.29) is 17.7 Å². The van der Waals surface area contributed by atoms with E-state index in [2.05, 4.69) is 9.47 Å². The minimum atomic E-state index is -3.04. The first-order valence-electron chi connectivity index (χ1n) is 5.01. The highest BCUT2D eigenvalue weighted by atomic mass is 19.3. The van der Waals surface area contributed by atoms with Crippen LogP contribution in [-0.2, 0) is 9.53 Å². The molecule has 1 aromatic rings. The zero-order chi connectivity index (χ0) is 13.5. The van der Waals surface area contributed by atoms with Gasteiger partial charge in [-0.05, 0) is 12.1 Å². The molecule has 3 nitrogen and oxygen atoms in total. The Hall–Kier alpha value is -1.98. The summed E-state index contributed by atoms with van der Waals surface area (Å²) in [4.78, 5) is 10.8. The van der Waals surface area contributed by atoms with E-state index in [1.165, 1.54) is 31.4 Å². The highest BCUT2D eigenvalue weighted by Gasteiger charge is 2.11. The smallest absolute Gasteiger partial charge is 0.387 e. The fourth-order valence-corrected chi connectivity index (χ4v) is 1.23. The molecule has 0 unspecified atom stereocenters. The van der Waals surface area contributed by atoms with Gasteiger partial charge in [0.15, 0.2) is 0 Å². The summed E-state index contributed by atoms with van der Waals surface area (Å²) < 4.78 is 46.2. The van der Waals surface area contributed by atoms with Crippen LogP contribution in [0.1, 0.15) is 12.0 Å². The monoisotopic (exact) mass is 260 g/mol. The van der Waals surface area contributed by atoms with Crippen LogP contribution < -0.4 is 4.74 Å². The first kappa shape index (κ1) is 14.1. The van der Waals surface area contributed by atoms with Crippen molar-refractivity contribution in [3.05, 3.63) is 35.7 Å². The molecule has 0 heterocycles. The molecule has 0 atom stereocenters. The minimum absolute atomic E-state index is 0.0844. The molecule has 6 heteroatoms. The normalized spacial score (nSPS) is 10.9. The van der Waals surface area contributed by atoms with Crippen LogP contribution >= 0.6 is 0 Å². The van der Waals surface area contributed by atoms with Crippen LogP contribution in [0.25, 0.3) is 6.08 Å². The van der Waals surface area contributed by atoms with Crippen molar-refractivity contribution in [1.82, 2.24) is 0 Å². The lowest BCUT2D eigenvalue weighted by molar-refractivity contribution is -0.139. The van der Waals surface area contributed by atoms with E-state index >= 15 is 0 Å². The van der Waals surface area contributed by atoms with Gasteiger partial charge in [-0.25, -0.2) is 4.39 Å². The summed E-state index contributed by atoms with van der Waals surface area (Å²) in [6, 6.07) is 3.58. The summed E-state index contributed by atoms with van der Waals surface area (Å²) in [6.45, 7) is -3.04. The summed E-state index contributed by atoms with van der Waals surface area (Å²) in [5.41, 5.74) is -0.137. The summed E-state index contributed by atoms with van der Waals surface area (Å²) in [6.07, 6.45) is 2.42. The van der Waals surface area contributed by atoms with Crippen molar-refractivity contribution < 1.29 is 27.4 Å². The van der Waals surface area contributed by atoms with Crippen molar-refractivity contribution in [2.45, 2.75) is 13.0 Å². The molecule has 0 aliphatic carbocycles. The maximum Gasteiger partial charge on any atom is 0.387 e. The highest BCUT2D eigenvalue weighted by molar-refractivity contribution is 5.73. The van der Waals surface area contributed by atoms with E-state index < -0.39 is 18.4 Å². The molecule has 18 heavy (non-hydrogen) atoms. The number of carbonyl (C=O) groups is 1. The second-order valence-electron chi connectivity index (χ2n) is 3.21. The summed E-state index contributed by atoms with van der Waals surface area (Å²) in [7, 11) is 1.21. The molecule has 0 aliphatic heterocycles. The van der Waals surface area contributed by atoms with E-state index in [0.717, 1.165) is 6.07 Å². The standard InChI is InChI=1S/C12H11F3O3/c1-17-11(16)7-2-4-8-9(13)5-3-6-10(8)18-12(14)15/h2-6,12H,7H2,1H3. The number of rotatable bonds is 5. The van der Waals surface area contributed by atoms with Crippen molar-refractivity contribution in [1.29, 1.82) is 0 Å². The largest absolute Gasteiger partial charge is 0.469 e. The zero-order valence-corrected chi connectivity index (χ0v) is 9.53. The molecular formula is C12H11F3O3. The third-order valence-electron chi connectivity index (χ3n) is 2.03. The predicted molar refractivity (Wildman–Crippen MR) is 58.7 cm³/mol. The number of hydrogen-bond donors (Lipinski definition) is 0. The van der Waals surface area contributed by atoms with E-state index in [9.17, 15) is 18.0 Å². The van der Waals surface area contributed by atoms with Gasteiger partial charge in [0.05, 0.1) is 19.1 Å². The van der Waals surface area contributed by atoms with Crippen LogP contribution in [0.2, 0.25) is 0 Å². The SMILES string of the molecule is COC(=O)CC=Cc1c(F)cccc1OC(F)F. The van der Waals surface area contributed by atoms with Crippen LogP contribution in [0.15, 0.2) is 24.3 Å². The average molecular weight is 260 g/mol. The van der Waals surface area contributed by atoms with Gasteiger partial charge in [-0.15, -0.1) is 0 Å². The Balaban J connectivity index is 2.88. The van der Waals surface area contributed by atoms with Gasteiger partial charge >= 0.3 is 12.6 Å². The first-order valence-corrected chi connectivity index (χ1v) is 5.01. The summed E-state index contributed by atoms with van der Waals surface area (Å²) >= 11 is 0. The zero-order valence-electron chi connectivity index (χ0n) is 9.53. The van der Waals surface area contributed by atoms with Gasteiger partial charge in [0, 0.05) is 0 Å². The molecule has 0 aliphatic rings. The van der Waals surface area contributed by atoms with Crippen molar-refractivity contribution in [3.63, 3.8) is 0 Å². The average Bonchev–Trinajstić information content (AvgIpc) is 2.31. The number of methoxy groups -OCH3 is 1. The van der Waals surface area contributed by atoms with Crippen molar-refractivity contribution >= 4 is 12.0 Å². The molecule has 0 aromatic heterocycles. The lowest BCUT2D eigenvalue weighted by atomic mass is 10.1. The lowest BCUT2D eigenvalue weighted by Crippen LogP contribution is -2.04. The van der Waals surface area contributed by atoms with Crippen LogP contribution in [-0.4, -0.2) is 19.7 Å². The van der Waals surface area contributed by atoms with Crippen LogP contribution in [0, 0.1) is 5.82 Å². The fourth-order valence-electron chi connectivity index (χ4n) is 1.23. The molecule has 0 N–H and O–H groups in total. The molecular weight excluding hydrogens is 249 g/mol. The van der Waals surface area contributed by atoms with Crippen LogP contribution in [0.4, 0.5) is 13.2 Å². The van der Waals surface area contributed by atoms with E-state index in [4.69, 9.17) is 0 Å². The van der Waals surface area contributed by atoms with Crippen molar-refractivity contribution in [2.24, 2.45) is 0 Å². The van der Waals surface area contributed by atoms with Crippen molar-refractivity contribution in [2.75, 3.05) is 7.11 Å². The Bertz CT molecular complexity index is 444. The number of benzene rings is 1. The summed E-state index contributed by atoms with van der Waals surface area (Å²) in [5.74, 6) is -1.51. The minimum Gasteiger partial charge on any atom is -0.469 e. The van der Waals surface area contributed by atoms with Crippen molar-refractivity contribution in [3.8, 4) is 5.75 Å². The van der Waals surface area contributed by atoms with E-state index in [1.54, 1.807) is 0 Å². The first-order chi connectivity index (χ1) is 8.54. The molecule has 0 spiro atoms. The molecule has 0 saturated heterocycles. The molecule has 0 bridgehead atoms. The van der Waals surface area contributed by atoms with Gasteiger partial charge in [0.1, 0.15) is 11.6 Å². The quantitative estimate of drug-likeness (QED) is 0.763. The highest BCUT2D eigenvalue weighted by Crippen LogP contribution is 2.24. The van der Waals surface area contributed by atoms with Crippen LogP contribution in [0.3, 0.4) is 0 Å². The number of ether oxygens (including phenoxy) is 2. The maximum atomic E-state index is 13.4. The third-order valence-corrected chi connectivity index (χ3v) is 2.03.